The van der Waals surface area contributed by atoms with Gasteiger partial charge in [0.2, 0.25) is 0 Å². The second-order valence-electron chi connectivity index (χ2n) is 6.18. The highest BCUT2D eigenvalue weighted by Gasteiger charge is 2.34. The lowest BCUT2D eigenvalue weighted by Crippen LogP contribution is -2.29. The summed E-state index contributed by atoms with van der Waals surface area (Å²) in [4.78, 5) is 2.66. The maximum absolute atomic E-state index is 6.08. The van der Waals surface area contributed by atoms with Crippen molar-refractivity contribution < 1.29 is 0 Å². The molecule has 0 amide bonds. The van der Waals surface area contributed by atoms with Gasteiger partial charge in [0.1, 0.15) is 0 Å². The predicted octanol–water partition coefficient (Wildman–Crippen LogP) is 4.13. The summed E-state index contributed by atoms with van der Waals surface area (Å²) in [7, 11) is 0. The van der Waals surface area contributed by atoms with Crippen molar-refractivity contribution in [2.75, 3.05) is 19.6 Å². The maximum atomic E-state index is 6.08. The molecule has 1 aromatic rings. The molecule has 2 unspecified atom stereocenters. The van der Waals surface area contributed by atoms with Gasteiger partial charge in [-0.25, -0.2) is 0 Å². The van der Waals surface area contributed by atoms with E-state index in [0.29, 0.717) is 16.1 Å². The molecular weight excluding hydrogens is 291 g/mol. The van der Waals surface area contributed by atoms with Gasteiger partial charge in [0.05, 0.1) is 10.0 Å². The quantitative estimate of drug-likeness (QED) is 0.879. The molecule has 2 nitrogen and oxygen atoms in total. The molecule has 1 aliphatic heterocycles. The van der Waals surface area contributed by atoms with Crippen LogP contribution in [0.3, 0.4) is 0 Å². The summed E-state index contributed by atoms with van der Waals surface area (Å²) in [5, 5.41) is 4.90. The van der Waals surface area contributed by atoms with Crippen molar-refractivity contribution in [1.29, 1.82) is 0 Å². The Balaban J connectivity index is 1.49. The predicted molar refractivity (Wildman–Crippen MR) is 85.6 cm³/mol. The number of hydrogen-bond donors (Lipinski definition) is 1. The molecule has 0 bridgehead atoms. The molecule has 2 aliphatic rings. The summed E-state index contributed by atoms with van der Waals surface area (Å²) in [6.07, 6.45) is 4.16. The van der Waals surface area contributed by atoms with Crippen LogP contribution in [-0.2, 0) is 0 Å². The lowest BCUT2D eigenvalue weighted by atomic mass is 10.1. The fraction of sp³-hybridized carbons (Fsp3) is 0.625. The molecule has 0 spiro atoms. The molecule has 1 saturated carbocycles. The summed E-state index contributed by atoms with van der Waals surface area (Å²) in [5.74, 6) is 0.792. The topological polar surface area (TPSA) is 15.3 Å². The Labute approximate surface area is 131 Å². The van der Waals surface area contributed by atoms with Gasteiger partial charge in [-0.1, -0.05) is 29.3 Å². The Kier molecular flexibility index (Phi) is 4.56. The minimum atomic E-state index is 0.319. The van der Waals surface area contributed by atoms with Crippen LogP contribution < -0.4 is 5.32 Å². The highest BCUT2D eigenvalue weighted by Crippen LogP contribution is 2.32. The smallest absolute Gasteiger partial charge is 0.0595 e. The Morgan fingerprint density at radius 1 is 1.25 bits per heavy atom. The highest BCUT2D eigenvalue weighted by atomic mass is 35.5. The van der Waals surface area contributed by atoms with Gasteiger partial charge in [0.15, 0.2) is 0 Å². The van der Waals surface area contributed by atoms with Gasteiger partial charge in [-0.15, -0.1) is 0 Å². The standard InChI is InChI=1S/C16H22Cl2N2/c1-11(13-2-5-15(17)16(18)8-13)19-9-12-6-7-20(10-12)14-3-4-14/h2,5,8,11-12,14,19H,3-4,6-7,9-10H2,1H3. The Morgan fingerprint density at radius 3 is 2.75 bits per heavy atom. The van der Waals surface area contributed by atoms with Crippen molar-refractivity contribution in [3.8, 4) is 0 Å². The van der Waals surface area contributed by atoms with Crippen LogP contribution in [0.15, 0.2) is 18.2 Å². The van der Waals surface area contributed by atoms with E-state index in [1.165, 1.54) is 37.9 Å². The van der Waals surface area contributed by atoms with Gasteiger partial charge in [-0.3, -0.25) is 0 Å². The largest absolute Gasteiger partial charge is 0.310 e. The first-order valence-electron chi connectivity index (χ1n) is 7.56. The molecule has 2 atom stereocenters. The summed E-state index contributed by atoms with van der Waals surface area (Å²) in [6.45, 7) is 5.84. The van der Waals surface area contributed by atoms with Crippen LogP contribution in [0.1, 0.15) is 37.8 Å². The Hall–Kier alpha value is -0.280. The number of hydrogen-bond acceptors (Lipinski definition) is 2. The summed E-state index contributed by atoms with van der Waals surface area (Å²) < 4.78 is 0. The third-order valence-corrected chi connectivity index (χ3v) is 5.28. The minimum Gasteiger partial charge on any atom is -0.310 e. The van der Waals surface area contributed by atoms with Gasteiger partial charge in [0, 0.05) is 18.6 Å². The van der Waals surface area contributed by atoms with Crippen LogP contribution in [0.25, 0.3) is 0 Å². The zero-order chi connectivity index (χ0) is 14.1. The minimum absolute atomic E-state index is 0.319. The van der Waals surface area contributed by atoms with E-state index in [1.807, 2.05) is 12.1 Å². The zero-order valence-corrected chi connectivity index (χ0v) is 13.4. The number of halogens is 2. The average molecular weight is 313 g/mol. The van der Waals surface area contributed by atoms with Gasteiger partial charge >= 0.3 is 0 Å². The van der Waals surface area contributed by atoms with Crippen LogP contribution in [0.4, 0.5) is 0 Å². The van der Waals surface area contributed by atoms with Crippen LogP contribution in [0.2, 0.25) is 10.0 Å². The van der Waals surface area contributed by atoms with Crippen LogP contribution in [-0.4, -0.2) is 30.6 Å². The second-order valence-corrected chi connectivity index (χ2v) is 7.00. The monoisotopic (exact) mass is 312 g/mol. The van der Waals surface area contributed by atoms with Crippen molar-refractivity contribution in [1.82, 2.24) is 10.2 Å². The van der Waals surface area contributed by atoms with Crippen LogP contribution in [0, 0.1) is 5.92 Å². The van der Waals surface area contributed by atoms with Crippen molar-refractivity contribution in [2.45, 2.75) is 38.3 Å². The molecule has 4 heteroatoms. The Bertz CT molecular complexity index is 474. The van der Waals surface area contributed by atoms with E-state index < -0.39 is 0 Å². The third-order valence-electron chi connectivity index (χ3n) is 4.54. The molecule has 110 valence electrons. The van der Waals surface area contributed by atoms with E-state index in [9.17, 15) is 0 Å². The maximum Gasteiger partial charge on any atom is 0.0595 e. The summed E-state index contributed by atoms with van der Waals surface area (Å²) in [6, 6.07) is 7.12. The number of nitrogens with zero attached hydrogens (tertiary/aromatic N) is 1. The van der Waals surface area contributed by atoms with Crippen molar-refractivity contribution in [2.24, 2.45) is 5.92 Å². The van der Waals surface area contributed by atoms with Crippen molar-refractivity contribution >= 4 is 23.2 Å². The fourth-order valence-electron chi connectivity index (χ4n) is 3.04. The number of rotatable bonds is 5. The van der Waals surface area contributed by atoms with E-state index in [2.05, 4.69) is 23.2 Å². The molecule has 0 aromatic heterocycles. The summed E-state index contributed by atoms with van der Waals surface area (Å²) in [5.41, 5.74) is 1.21. The average Bonchev–Trinajstić information content (AvgIpc) is 3.18. The van der Waals surface area contributed by atoms with Gasteiger partial charge < -0.3 is 10.2 Å². The molecule has 1 N–H and O–H groups in total. The highest BCUT2D eigenvalue weighted by molar-refractivity contribution is 6.42. The lowest BCUT2D eigenvalue weighted by molar-refractivity contribution is 0.310. The lowest BCUT2D eigenvalue weighted by Gasteiger charge is -2.19. The molecule has 20 heavy (non-hydrogen) atoms. The van der Waals surface area contributed by atoms with Crippen molar-refractivity contribution in [3.63, 3.8) is 0 Å². The van der Waals surface area contributed by atoms with Crippen LogP contribution in [0.5, 0.6) is 0 Å². The number of likely N-dealkylation sites (tertiary alicyclic amines) is 1. The molecule has 1 heterocycles. The molecule has 2 fully saturated rings. The third kappa shape index (κ3) is 3.48. The zero-order valence-electron chi connectivity index (χ0n) is 11.9. The number of benzene rings is 1. The Morgan fingerprint density at radius 2 is 2.05 bits per heavy atom. The van der Waals surface area contributed by atoms with E-state index >= 15 is 0 Å². The number of nitrogens with one attached hydrogen (secondary N) is 1. The summed E-state index contributed by atoms with van der Waals surface area (Å²) >= 11 is 12.0. The van der Waals surface area contributed by atoms with Gasteiger partial charge in [-0.05, 0) is 62.9 Å². The molecule has 1 saturated heterocycles. The normalized spacial score (nSPS) is 25.1. The SMILES string of the molecule is CC(NCC1CCN(C2CC2)C1)c1ccc(Cl)c(Cl)c1. The van der Waals surface area contributed by atoms with Gasteiger partial charge in [-0.2, -0.15) is 0 Å². The van der Waals surface area contributed by atoms with Crippen LogP contribution >= 0.6 is 23.2 Å². The van der Waals surface area contributed by atoms with E-state index in [-0.39, 0.29) is 0 Å². The first-order valence-corrected chi connectivity index (χ1v) is 8.31. The molecular formula is C16H22Cl2N2. The fourth-order valence-corrected chi connectivity index (χ4v) is 3.35. The van der Waals surface area contributed by atoms with E-state index in [0.717, 1.165) is 18.5 Å². The molecule has 0 radical (unpaired) electrons. The first kappa shape index (κ1) is 14.6. The second kappa shape index (κ2) is 6.23. The van der Waals surface area contributed by atoms with E-state index in [1.54, 1.807) is 0 Å². The molecule has 1 aromatic carbocycles. The first-order chi connectivity index (χ1) is 9.63. The van der Waals surface area contributed by atoms with Crippen molar-refractivity contribution in [3.05, 3.63) is 33.8 Å². The van der Waals surface area contributed by atoms with E-state index in [4.69, 9.17) is 23.2 Å². The molecule has 1 aliphatic carbocycles. The molecule has 3 rings (SSSR count). The van der Waals surface area contributed by atoms with Gasteiger partial charge in [0.25, 0.3) is 0 Å².